The molecule has 140 valence electrons. The van der Waals surface area contributed by atoms with Crippen molar-refractivity contribution in [2.45, 2.75) is 76.5 Å². The lowest BCUT2D eigenvalue weighted by atomic mass is 9.92. The van der Waals surface area contributed by atoms with Crippen LogP contribution in [0.4, 0.5) is 5.69 Å². The number of rotatable bonds is 5. The number of carbonyl (C=O) groups is 1. The molecule has 3 rings (SSSR count). The normalized spacial score (nSPS) is 27.4. The molecule has 0 radical (unpaired) electrons. The molecule has 1 aromatic heterocycles. The topological polar surface area (TPSA) is 67.8 Å². The van der Waals surface area contributed by atoms with Crippen molar-refractivity contribution in [2.75, 3.05) is 18.5 Å². The summed E-state index contributed by atoms with van der Waals surface area (Å²) in [7, 11) is 0. The van der Waals surface area contributed by atoms with Gasteiger partial charge in [0, 0.05) is 17.5 Å². The Bertz CT molecular complexity index is 593. The second-order valence-corrected chi connectivity index (χ2v) is 9.20. The highest BCUT2D eigenvalue weighted by molar-refractivity contribution is 7.14. The van der Waals surface area contributed by atoms with E-state index in [-0.39, 0.29) is 11.5 Å². The molecule has 0 amide bonds. The van der Waals surface area contributed by atoms with E-state index in [9.17, 15) is 9.90 Å². The minimum Gasteiger partial charge on any atom is -0.477 e. The highest BCUT2D eigenvalue weighted by Crippen LogP contribution is 2.37. The molecule has 1 aliphatic carbocycles. The van der Waals surface area contributed by atoms with Crippen LogP contribution in [-0.2, 0) is 14.9 Å². The number of carboxylic acid groups (broad SMARTS) is 1. The van der Waals surface area contributed by atoms with Crippen molar-refractivity contribution in [1.82, 2.24) is 0 Å². The van der Waals surface area contributed by atoms with E-state index in [1.807, 2.05) is 6.07 Å². The molecule has 1 aromatic rings. The van der Waals surface area contributed by atoms with Crippen molar-refractivity contribution < 1.29 is 19.4 Å². The summed E-state index contributed by atoms with van der Waals surface area (Å²) in [5, 5.41) is 13.0. The van der Waals surface area contributed by atoms with Crippen LogP contribution in [-0.4, -0.2) is 42.5 Å². The maximum Gasteiger partial charge on any atom is 0.348 e. The predicted octanol–water partition coefficient (Wildman–Crippen LogP) is 4.27. The summed E-state index contributed by atoms with van der Waals surface area (Å²) in [5.41, 5.74) is 0.736. The third-order valence-corrected chi connectivity index (χ3v) is 6.52. The number of thiophene rings is 1. The third-order valence-electron chi connectivity index (χ3n) is 4.97. The zero-order valence-electron chi connectivity index (χ0n) is 15.3. The van der Waals surface area contributed by atoms with E-state index in [0.717, 1.165) is 55.9 Å². The Morgan fingerprint density at radius 3 is 2.52 bits per heavy atom. The molecule has 0 bridgehead atoms. The van der Waals surface area contributed by atoms with Gasteiger partial charge in [-0.1, -0.05) is 20.8 Å². The average molecular weight is 368 g/mol. The van der Waals surface area contributed by atoms with Crippen LogP contribution in [0.3, 0.4) is 0 Å². The first kappa shape index (κ1) is 18.7. The van der Waals surface area contributed by atoms with E-state index < -0.39 is 5.97 Å². The molecule has 2 aliphatic rings. The molecule has 5 nitrogen and oxygen atoms in total. The van der Waals surface area contributed by atoms with E-state index >= 15 is 0 Å². The molecule has 0 aromatic carbocycles. The number of ether oxygens (including phenoxy) is 2. The molecule has 1 atom stereocenters. The number of anilines is 1. The Morgan fingerprint density at radius 2 is 1.96 bits per heavy atom. The van der Waals surface area contributed by atoms with Gasteiger partial charge in [-0.2, -0.15) is 0 Å². The summed E-state index contributed by atoms with van der Waals surface area (Å²) in [5.74, 6) is -0.846. The van der Waals surface area contributed by atoms with Gasteiger partial charge in [0.15, 0.2) is 0 Å². The molecule has 0 unspecified atom stereocenters. The SMILES string of the molecule is CC(C)(C)c1cc(NC2CCC(O[C@H]3CCOC3)CC2)c(C(=O)O)s1. The van der Waals surface area contributed by atoms with Crippen molar-refractivity contribution in [1.29, 1.82) is 0 Å². The summed E-state index contributed by atoms with van der Waals surface area (Å²) in [4.78, 5) is 13.1. The first-order valence-electron chi connectivity index (χ1n) is 9.20. The van der Waals surface area contributed by atoms with Gasteiger partial charge in [-0.15, -0.1) is 11.3 Å². The van der Waals surface area contributed by atoms with Crippen LogP contribution in [0, 0.1) is 0 Å². The third kappa shape index (κ3) is 4.74. The van der Waals surface area contributed by atoms with E-state index in [2.05, 4.69) is 26.1 Å². The fourth-order valence-corrected chi connectivity index (χ4v) is 4.50. The lowest BCUT2D eigenvalue weighted by Crippen LogP contribution is -2.32. The zero-order chi connectivity index (χ0) is 18.0. The van der Waals surface area contributed by atoms with Gasteiger partial charge in [0.25, 0.3) is 0 Å². The maximum atomic E-state index is 11.6. The van der Waals surface area contributed by atoms with Crippen LogP contribution in [0.1, 0.15) is 67.4 Å². The number of hydrogen-bond acceptors (Lipinski definition) is 5. The fourth-order valence-electron chi connectivity index (χ4n) is 3.48. The Hall–Kier alpha value is -1.11. The van der Waals surface area contributed by atoms with Gasteiger partial charge in [-0.25, -0.2) is 4.79 Å². The lowest BCUT2D eigenvalue weighted by molar-refractivity contribution is -0.0331. The van der Waals surface area contributed by atoms with Crippen LogP contribution >= 0.6 is 11.3 Å². The summed E-state index contributed by atoms with van der Waals surface area (Å²) in [6.45, 7) is 7.88. The summed E-state index contributed by atoms with van der Waals surface area (Å²) in [6, 6.07) is 2.34. The zero-order valence-corrected chi connectivity index (χ0v) is 16.2. The summed E-state index contributed by atoms with van der Waals surface area (Å²) < 4.78 is 11.5. The molecule has 1 aliphatic heterocycles. The number of aromatic carboxylic acids is 1. The first-order chi connectivity index (χ1) is 11.8. The molecule has 2 heterocycles. The molecular weight excluding hydrogens is 338 g/mol. The minimum absolute atomic E-state index is 0.0380. The van der Waals surface area contributed by atoms with Gasteiger partial charge in [-0.3, -0.25) is 0 Å². The van der Waals surface area contributed by atoms with Gasteiger partial charge in [0.2, 0.25) is 0 Å². The van der Waals surface area contributed by atoms with Gasteiger partial charge < -0.3 is 19.9 Å². The molecule has 1 saturated heterocycles. The van der Waals surface area contributed by atoms with E-state index in [1.54, 1.807) is 0 Å². The van der Waals surface area contributed by atoms with Gasteiger partial charge in [0.1, 0.15) is 4.88 Å². The van der Waals surface area contributed by atoms with Crippen LogP contribution in [0.15, 0.2) is 6.07 Å². The van der Waals surface area contributed by atoms with Crippen LogP contribution < -0.4 is 5.32 Å². The standard InChI is InChI=1S/C19H29NO4S/c1-19(2,3)16-10-15(17(25-16)18(21)22)20-12-4-6-13(7-5-12)24-14-8-9-23-11-14/h10,12-14,20H,4-9,11H2,1-3H3,(H,21,22)/t12?,13?,14-/m0/s1. The van der Waals surface area contributed by atoms with Gasteiger partial charge in [0.05, 0.1) is 24.5 Å². The Morgan fingerprint density at radius 1 is 1.24 bits per heavy atom. The first-order valence-corrected chi connectivity index (χ1v) is 10.0. The fraction of sp³-hybridized carbons (Fsp3) is 0.737. The largest absolute Gasteiger partial charge is 0.477 e. The molecule has 2 N–H and O–H groups in total. The second kappa shape index (κ2) is 7.64. The van der Waals surface area contributed by atoms with Crippen LogP contribution in [0.2, 0.25) is 0 Å². The number of hydrogen-bond donors (Lipinski definition) is 2. The van der Waals surface area contributed by atoms with Crippen molar-refractivity contribution >= 4 is 23.0 Å². The van der Waals surface area contributed by atoms with Crippen molar-refractivity contribution in [3.8, 4) is 0 Å². The highest BCUT2D eigenvalue weighted by Gasteiger charge is 2.28. The van der Waals surface area contributed by atoms with E-state index in [1.165, 1.54) is 11.3 Å². The van der Waals surface area contributed by atoms with E-state index in [4.69, 9.17) is 9.47 Å². The van der Waals surface area contributed by atoms with Crippen LogP contribution in [0.25, 0.3) is 0 Å². The molecule has 2 fully saturated rings. The predicted molar refractivity (Wildman–Crippen MR) is 100.0 cm³/mol. The average Bonchev–Trinajstić information content (AvgIpc) is 3.18. The van der Waals surface area contributed by atoms with E-state index in [0.29, 0.717) is 17.0 Å². The van der Waals surface area contributed by atoms with Gasteiger partial charge in [-0.05, 0) is 43.6 Å². The van der Waals surface area contributed by atoms with Crippen molar-refractivity contribution in [2.24, 2.45) is 0 Å². The highest BCUT2D eigenvalue weighted by atomic mass is 32.1. The Balaban J connectivity index is 1.58. The summed E-state index contributed by atoms with van der Waals surface area (Å²) >= 11 is 1.38. The summed E-state index contributed by atoms with van der Waals surface area (Å²) in [6.07, 6.45) is 5.65. The van der Waals surface area contributed by atoms with Crippen LogP contribution in [0.5, 0.6) is 0 Å². The minimum atomic E-state index is -0.846. The smallest absolute Gasteiger partial charge is 0.348 e. The Kier molecular flexibility index (Phi) is 5.71. The Labute approximate surface area is 153 Å². The second-order valence-electron chi connectivity index (χ2n) is 8.15. The van der Waals surface area contributed by atoms with Crippen molar-refractivity contribution in [3.63, 3.8) is 0 Å². The molecule has 25 heavy (non-hydrogen) atoms. The number of nitrogens with one attached hydrogen (secondary N) is 1. The number of carboxylic acids is 1. The maximum absolute atomic E-state index is 11.6. The van der Waals surface area contributed by atoms with Gasteiger partial charge >= 0.3 is 5.97 Å². The molecule has 0 spiro atoms. The molecule has 6 heteroatoms. The molecular formula is C19H29NO4S. The lowest BCUT2D eigenvalue weighted by Gasteiger charge is -2.31. The quantitative estimate of drug-likeness (QED) is 0.813. The van der Waals surface area contributed by atoms with Crippen molar-refractivity contribution in [3.05, 3.63) is 15.8 Å². The molecule has 1 saturated carbocycles. The monoisotopic (exact) mass is 367 g/mol.